The van der Waals surface area contributed by atoms with Crippen LogP contribution < -0.4 is 4.74 Å². The van der Waals surface area contributed by atoms with Gasteiger partial charge in [0.05, 0.1) is 11.7 Å². The second-order valence-electron chi connectivity index (χ2n) is 6.32. The molecular formula is C18H18FN3OS. The summed E-state index contributed by atoms with van der Waals surface area (Å²) in [4.78, 5) is 2.51. The van der Waals surface area contributed by atoms with Gasteiger partial charge in [-0.2, -0.15) is 4.37 Å². The lowest BCUT2D eigenvalue weighted by Crippen LogP contribution is -2.25. The first-order valence-electron chi connectivity index (χ1n) is 8.21. The summed E-state index contributed by atoms with van der Waals surface area (Å²) < 4.78 is 27.4. The van der Waals surface area contributed by atoms with E-state index in [4.69, 9.17) is 4.74 Å². The van der Waals surface area contributed by atoms with Crippen molar-refractivity contribution in [3.8, 4) is 17.7 Å². The molecule has 124 valence electrons. The van der Waals surface area contributed by atoms with Crippen molar-refractivity contribution in [3.05, 3.63) is 41.3 Å². The number of aromatic nitrogens is 2. The van der Waals surface area contributed by atoms with Gasteiger partial charge in [-0.05, 0) is 49.6 Å². The topological polar surface area (TPSA) is 38.3 Å². The highest BCUT2D eigenvalue weighted by molar-refractivity contribution is 6.99. The molecule has 2 aromatic rings. The standard InChI is InChI=1S/C18H18FN3OS/c19-15-7-5-13(6-8-15)3-2-10-23-18-17(20-24-21-18)16-12-22-9-1-4-14(16)11-22/h5-8,14,16H,1,4,9-12H2/t14-,16+/m1/s1. The van der Waals surface area contributed by atoms with Gasteiger partial charge in [0.1, 0.15) is 11.5 Å². The fourth-order valence-corrected chi connectivity index (χ4v) is 4.17. The Kier molecular flexibility index (Phi) is 4.46. The highest BCUT2D eigenvalue weighted by atomic mass is 32.1. The van der Waals surface area contributed by atoms with Crippen LogP contribution in [0.2, 0.25) is 0 Å². The molecule has 0 saturated carbocycles. The minimum Gasteiger partial charge on any atom is -0.463 e. The first-order valence-corrected chi connectivity index (χ1v) is 8.94. The molecule has 2 fully saturated rings. The summed E-state index contributed by atoms with van der Waals surface area (Å²) in [6.45, 7) is 3.69. The molecule has 0 N–H and O–H groups in total. The molecule has 4 rings (SSSR count). The minimum absolute atomic E-state index is 0.257. The number of rotatable bonds is 3. The lowest BCUT2D eigenvalue weighted by atomic mass is 9.89. The van der Waals surface area contributed by atoms with Crippen LogP contribution in [0.5, 0.6) is 5.88 Å². The molecule has 2 aliphatic heterocycles. The maximum absolute atomic E-state index is 12.9. The molecule has 0 amide bonds. The molecule has 0 spiro atoms. The van der Waals surface area contributed by atoms with Gasteiger partial charge in [-0.25, -0.2) is 4.39 Å². The normalized spacial score (nSPS) is 25.1. The summed E-state index contributed by atoms with van der Waals surface area (Å²) in [5, 5.41) is 0. The zero-order chi connectivity index (χ0) is 16.4. The zero-order valence-corrected chi connectivity index (χ0v) is 14.1. The minimum atomic E-state index is -0.257. The van der Waals surface area contributed by atoms with Crippen molar-refractivity contribution in [2.24, 2.45) is 5.92 Å². The maximum atomic E-state index is 12.9. The molecule has 3 heterocycles. The lowest BCUT2D eigenvalue weighted by Gasteiger charge is -2.21. The zero-order valence-electron chi connectivity index (χ0n) is 13.2. The van der Waals surface area contributed by atoms with E-state index in [1.165, 1.54) is 49.8 Å². The van der Waals surface area contributed by atoms with E-state index in [1.54, 1.807) is 12.1 Å². The van der Waals surface area contributed by atoms with E-state index in [-0.39, 0.29) is 12.4 Å². The van der Waals surface area contributed by atoms with Gasteiger partial charge in [-0.1, -0.05) is 11.8 Å². The van der Waals surface area contributed by atoms with Gasteiger partial charge in [-0.15, -0.1) is 4.37 Å². The van der Waals surface area contributed by atoms with E-state index in [0.29, 0.717) is 17.7 Å². The van der Waals surface area contributed by atoms with Crippen LogP contribution in [0.25, 0.3) is 0 Å². The molecule has 1 unspecified atom stereocenters. The predicted octanol–water partition coefficient (Wildman–Crippen LogP) is 2.92. The van der Waals surface area contributed by atoms with E-state index in [1.807, 2.05) is 0 Å². The number of piperidine rings is 1. The molecular weight excluding hydrogens is 325 g/mol. The summed E-state index contributed by atoms with van der Waals surface area (Å²) in [5.74, 6) is 7.41. The second kappa shape index (κ2) is 6.88. The van der Waals surface area contributed by atoms with Gasteiger partial charge >= 0.3 is 0 Å². The Bertz CT molecular complexity index is 765. The van der Waals surface area contributed by atoms with Crippen LogP contribution in [0.1, 0.15) is 30.0 Å². The van der Waals surface area contributed by atoms with Crippen molar-refractivity contribution in [1.82, 2.24) is 13.6 Å². The fraction of sp³-hybridized carbons (Fsp3) is 0.444. The first kappa shape index (κ1) is 15.6. The molecule has 2 bridgehead atoms. The fourth-order valence-electron chi connectivity index (χ4n) is 3.61. The highest BCUT2D eigenvalue weighted by Crippen LogP contribution is 2.40. The van der Waals surface area contributed by atoms with Gasteiger partial charge in [0, 0.05) is 24.6 Å². The Morgan fingerprint density at radius 2 is 2.12 bits per heavy atom. The molecule has 1 aromatic heterocycles. The van der Waals surface area contributed by atoms with Crippen LogP contribution >= 0.6 is 11.7 Å². The second-order valence-corrected chi connectivity index (χ2v) is 6.85. The third kappa shape index (κ3) is 3.28. The summed E-state index contributed by atoms with van der Waals surface area (Å²) in [5.41, 5.74) is 1.77. The third-order valence-electron chi connectivity index (χ3n) is 4.76. The molecule has 0 radical (unpaired) electrons. The molecule has 2 aliphatic rings. The maximum Gasteiger partial charge on any atom is 0.250 e. The number of hydrogen-bond acceptors (Lipinski definition) is 5. The number of benzene rings is 1. The van der Waals surface area contributed by atoms with Gasteiger partial charge in [-0.3, -0.25) is 0 Å². The SMILES string of the molecule is Fc1ccc(C#CCOc2nsnc2[C@H]2CN3CCC[C@@H]2C3)cc1. The van der Waals surface area contributed by atoms with E-state index < -0.39 is 0 Å². The molecule has 3 atom stereocenters. The summed E-state index contributed by atoms with van der Waals surface area (Å²) >= 11 is 1.21. The van der Waals surface area contributed by atoms with Crippen molar-refractivity contribution in [2.45, 2.75) is 18.8 Å². The molecule has 24 heavy (non-hydrogen) atoms. The van der Waals surface area contributed by atoms with Crippen molar-refractivity contribution < 1.29 is 9.13 Å². The van der Waals surface area contributed by atoms with Gasteiger partial charge in [0.25, 0.3) is 0 Å². The van der Waals surface area contributed by atoms with E-state index >= 15 is 0 Å². The molecule has 0 aliphatic carbocycles. The van der Waals surface area contributed by atoms with Gasteiger partial charge < -0.3 is 9.64 Å². The Balaban J connectivity index is 1.40. The number of ether oxygens (including phenoxy) is 1. The van der Waals surface area contributed by atoms with Crippen LogP contribution in [-0.4, -0.2) is 39.9 Å². The smallest absolute Gasteiger partial charge is 0.250 e. The largest absolute Gasteiger partial charge is 0.463 e. The number of nitrogens with zero attached hydrogens (tertiary/aromatic N) is 3. The third-order valence-corrected chi connectivity index (χ3v) is 5.28. The Hall–Kier alpha value is -1.97. The summed E-state index contributed by atoms with van der Waals surface area (Å²) in [6.07, 6.45) is 2.54. The van der Waals surface area contributed by atoms with Crippen molar-refractivity contribution in [2.75, 3.05) is 26.2 Å². The number of fused-ring (bicyclic) bond motifs is 2. The first-order chi connectivity index (χ1) is 11.8. The van der Waals surface area contributed by atoms with Crippen molar-refractivity contribution in [1.29, 1.82) is 0 Å². The van der Waals surface area contributed by atoms with Crippen molar-refractivity contribution >= 4 is 11.7 Å². The number of hydrogen-bond donors (Lipinski definition) is 0. The van der Waals surface area contributed by atoms with Crippen LogP contribution in [0.3, 0.4) is 0 Å². The van der Waals surface area contributed by atoms with E-state index in [0.717, 1.165) is 17.8 Å². The average molecular weight is 343 g/mol. The van der Waals surface area contributed by atoms with E-state index in [9.17, 15) is 4.39 Å². The van der Waals surface area contributed by atoms with Crippen LogP contribution in [0.15, 0.2) is 24.3 Å². The monoisotopic (exact) mass is 343 g/mol. The van der Waals surface area contributed by atoms with Gasteiger partial charge in [0.2, 0.25) is 5.88 Å². The lowest BCUT2D eigenvalue weighted by molar-refractivity contribution is 0.269. The molecule has 6 heteroatoms. The van der Waals surface area contributed by atoms with Gasteiger partial charge in [0.15, 0.2) is 6.61 Å². The molecule has 4 nitrogen and oxygen atoms in total. The van der Waals surface area contributed by atoms with Crippen LogP contribution in [-0.2, 0) is 0 Å². The Labute approximate surface area is 145 Å². The average Bonchev–Trinajstić information content (AvgIpc) is 3.17. The molecule has 2 saturated heterocycles. The van der Waals surface area contributed by atoms with Crippen LogP contribution in [0, 0.1) is 23.6 Å². The van der Waals surface area contributed by atoms with E-state index in [2.05, 4.69) is 25.5 Å². The Morgan fingerprint density at radius 1 is 1.25 bits per heavy atom. The summed E-state index contributed by atoms with van der Waals surface area (Å²) in [7, 11) is 0. The van der Waals surface area contributed by atoms with Crippen LogP contribution in [0.4, 0.5) is 4.39 Å². The Morgan fingerprint density at radius 3 is 2.96 bits per heavy atom. The summed E-state index contributed by atoms with van der Waals surface area (Å²) in [6, 6.07) is 6.12. The predicted molar refractivity (Wildman–Crippen MR) is 90.6 cm³/mol. The van der Waals surface area contributed by atoms with Crippen molar-refractivity contribution in [3.63, 3.8) is 0 Å². The molecule has 1 aromatic carbocycles. The quantitative estimate of drug-likeness (QED) is 0.803. The number of halogens is 1. The highest BCUT2D eigenvalue weighted by Gasteiger charge is 2.39.